The van der Waals surface area contributed by atoms with E-state index in [-0.39, 0.29) is 23.5 Å². The Bertz CT molecular complexity index is 2420. The molecule has 2 aliphatic rings. The standard InChI is InChI=1S/C30H33.C22H25.C2H7Si.2ClH.Zr/c1-20-16-24-18-23(21-8-12-25(13-9-21)29(2,3)4)19-28(27(24)17-20)22-10-14-26(15-11-22)30(5,6)7;1-15(2)18-13-17-7-6-8-20(21(17)14-18)16-9-11-19(12-10-16)22(3,4)5;1-3-2;;;/h8-19H,1-7H3;6-15H,1-5H3;3H,1-2H3;2*1H;/q;;;;;+2/p-2. The molecule has 0 bridgehead atoms. The molecule has 0 saturated heterocycles. The minimum atomic E-state index is -5.03. The SMILES string of the molecule is CC1=Cc2c(-c3ccc(C(C)(C)C)cc3)cc(-c3ccc(C(C)(C)C)cc3)cc2[CH]1[Zr]([Cl])([Cl])([CH]1C(C(C)C)=Cc2c(-c3ccc(C(C)(C)C)cc3)cccc21)[SiH](C)C. The summed E-state index contributed by atoms with van der Waals surface area (Å²) in [6, 6.07) is 39.5. The summed E-state index contributed by atoms with van der Waals surface area (Å²) in [6.45, 7) is 32.5. The summed E-state index contributed by atoms with van der Waals surface area (Å²) in [5.41, 5.74) is 19.8. The number of benzene rings is 5. The third-order valence-electron chi connectivity index (χ3n) is 13.5. The van der Waals surface area contributed by atoms with E-state index < -0.39 is 21.5 Å². The third kappa shape index (κ3) is 7.50. The topological polar surface area (TPSA) is 0 Å². The molecule has 0 spiro atoms. The number of rotatable bonds is 7. The second-order valence-electron chi connectivity index (χ2n) is 21.3. The van der Waals surface area contributed by atoms with Crippen LogP contribution in [0.5, 0.6) is 0 Å². The van der Waals surface area contributed by atoms with Crippen LogP contribution in [0.25, 0.3) is 45.5 Å². The third-order valence-corrected chi connectivity index (χ3v) is 65.5. The summed E-state index contributed by atoms with van der Waals surface area (Å²) in [4.78, 5) is 0. The van der Waals surface area contributed by atoms with Crippen molar-refractivity contribution in [3.05, 3.63) is 153 Å². The van der Waals surface area contributed by atoms with Crippen molar-refractivity contribution in [3.63, 3.8) is 0 Å². The number of hydrogen-bond donors (Lipinski definition) is 0. The molecule has 303 valence electrons. The molecule has 0 saturated carbocycles. The number of allylic oxidation sites excluding steroid dienone is 2. The molecule has 2 aliphatic carbocycles. The predicted octanol–water partition coefficient (Wildman–Crippen LogP) is 16.8. The molecule has 0 N–H and O–H groups in total. The molecule has 0 amide bonds. The van der Waals surface area contributed by atoms with Crippen LogP contribution in [0.3, 0.4) is 0 Å². The van der Waals surface area contributed by atoms with Crippen LogP contribution < -0.4 is 0 Å². The molecule has 5 aromatic carbocycles. The Hall–Kier alpha value is -2.74. The monoisotopic (exact) mass is 901 g/mol. The van der Waals surface area contributed by atoms with Gasteiger partial charge in [0.2, 0.25) is 0 Å². The molecule has 2 atom stereocenters. The molecule has 0 aromatic heterocycles. The van der Waals surface area contributed by atoms with Gasteiger partial charge >= 0.3 is 363 Å². The Morgan fingerprint density at radius 2 is 0.966 bits per heavy atom. The van der Waals surface area contributed by atoms with Crippen LogP contribution >= 0.6 is 17.0 Å². The van der Waals surface area contributed by atoms with Gasteiger partial charge in [-0.1, -0.05) is 0 Å². The molecule has 58 heavy (non-hydrogen) atoms. The first-order valence-electron chi connectivity index (χ1n) is 21.5. The zero-order valence-corrected chi connectivity index (χ0v) is 42.7. The average molecular weight is 904 g/mol. The Morgan fingerprint density at radius 1 is 0.517 bits per heavy atom. The first-order chi connectivity index (χ1) is 26.9. The molecule has 5 aromatic rings. The Balaban J connectivity index is 1.45. The van der Waals surface area contributed by atoms with E-state index in [9.17, 15) is 0 Å². The van der Waals surface area contributed by atoms with Crippen LogP contribution in [0.15, 0.2) is 114 Å². The van der Waals surface area contributed by atoms with E-state index in [1.54, 1.807) is 0 Å². The first-order valence-corrected chi connectivity index (χ1v) is 37.8. The Kier molecular flexibility index (Phi) is 11.2. The molecule has 0 heterocycles. The van der Waals surface area contributed by atoms with Gasteiger partial charge in [0.1, 0.15) is 0 Å². The van der Waals surface area contributed by atoms with Crippen molar-refractivity contribution in [2.75, 3.05) is 0 Å². The van der Waals surface area contributed by atoms with E-state index in [1.165, 1.54) is 83.5 Å². The number of hydrogen-bond acceptors (Lipinski definition) is 0. The van der Waals surface area contributed by atoms with Gasteiger partial charge in [-0.2, -0.15) is 0 Å². The van der Waals surface area contributed by atoms with Crippen LogP contribution in [0, 0.1) is 5.92 Å². The van der Waals surface area contributed by atoms with E-state index in [4.69, 9.17) is 17.0 Å². The van der Waals surface area contributed by atoms with Gasteiger partial charge < -0.3 is 0 Å². The molecule has 0 radical (unpaired) electrons. The molecule has 0 aliphatic heterocycles. The van der Waals surface area contributed by atoms with Crippen molar-refractivity contribution in [1.82, 2.24) is 0 Å². The van der Waals surface area contributed by atoms with E-state index in [0.29, 0.717) is 5.92 Å². The second-order valence-corrected chi connectivity index (χ2v) is 63.8. The normalized spacial score (nSPS) is 17.9. The van der Waals surface area contributed by atoms with Crippen LogP contribution in [0.2, 0.25) is 13.1 Å². The van der Waals surface area contributed by atoms with Crippen molar-refractivity contribution in [2.45, 2.75) is 120 Å². The minimum absolute atomic E-state index is 0.000613. The van der Waals surface area contributed by atoms with Gasteiger partial charge in [-0.25, -0.2) is 0 Å². The van der Waals surface area contributed by atoms with Crippen molar-refractivity contribution in [1.29, 1.82) is 0 Å². The van der Waals surface area contributed by atoms with Crippen LogP contribution in [0.1, 0.15) is 129 Å². The maximum absolute atomic E-state index is 8.89. The van der Waals surface area contributed by atoms with Crippen LogP contribution in [0.4, 0.5) is 0 Å². The zero-order chi connectivity index (χ0) is 42.4. The fourth-order valence-electron chi connectivity index (χ4n) is 9.86. The van der Waals surface area contributed by atoms with Gasteiger partial charge in [-0.3, -0.25) is 0 Å². The average Bonchev–Trinajstić information content (AvgIpc) is 3.73. The van der Waals surface area contributed by atoms with Gasteiger partial charge in [-0.15, -0.1) is 0 Å². The fourth-order valence-corrected chi connectivity index (χ4v) is 42.0. The van der Waals surface area contributed by atoms with E-state index in [0.717, 1.165) is 0 Å². The summed E-state index contributed by atoms with van der Waals surface area (Å²) in [7, 11) is 17.8. The van der Waals surface area contributed by atoms with Gasteiger partial charge in [-0.05, 0) is 0 Å². The molecule has 7 rings (SSSR count). The zero-order valence-electron chi connectivity index (χ0n) is 37.5. The van der Waals surface area contributed by atoms with Gasteiger partial charge in [0.15, 0.2) is 0 Å². The fraction of sp³-hybridized carbons (Fsp3) is 0.370. The van der Waals surface area contributed by atoms with E-state index in [2.05, 4.69) is 211 Å². The van der Waals surface area contributed by atoms with Gasteiger partial charge in [0.25, 0.3) is 0 Å². The van der Waals surface area contributed by atoms with Crippen molar-refractivity contribution in [3.8, 4) is 33.4 Å². The van der Waals surface area contributed by atoms with Crippen molar-refractivity contribution in [2.24, 2.45) is 5.92 Å². The van der Waals surface area contributed by atoms with E-state index in [1.807, 2.05) is 0 Å². The summed E-state index contributed by atoms with van der Waals surface area (Å²) in [6.07, 6.45) is 4.95. The molecule has 4 heteroatoms. The second kappa shape index (κ2) is 15.0. The molecule has 0 fully saturated rings. The number of halogens is 2. The first kappa shape index (κ1) is 43.4. The van der Waals surface area contributed by atoms with Gasteiger partial charge in [0, 0.05) is 0 Å². The predicted molar refractivity (Wildman–Crippen MR) is 258 cm³/mol. The van der Waals surface area contributed by atoms with Crippen LogP contribution in [-0.4, -0.2) is 5.92 Å². The molecule has 2 unspecified atom stereocenters. The summed E-state index contributed by atoms with van der Waals surface area (Å²) >= 11 is -5.03. The van der Waals surface area contributed by atoms with Crippen molar-refractivity contribution >= 4 is 35.1 Å². The maximum atomic E-state index is 8.89. The van der Waals surface area contributed by atoms with Crippen LogP contribution in [-0.2, 0) is 31.8 Å². The quantitative estimate of drug-likeness (QED) is 0.143. The molecule has 0 nitrogen and oxygen atoms in total. The Morgan fingerprint density at radius 3 is 1.41 bits per heavy atom. The molecular formula is C54H65Cl2SiZr. The summed E-state index contributed by atoms with van der Waals surface area (Å²) in [5, 5.41) is 0. The Labute approximate surface area is 360 Å². The van der Waals surface area contributed by atoms with E-state index >= 15 is 0 Å². The number of fused-ring (bicyclic) bond motifs is 2. The molecular weight excluding hydrogens is 839 g/mol. The van der Waals surface area contributed by atoms with Gasteiger partial charge in [0.05, 0.1) is 0 Å². The summed E-state index contributed by atoms with van der Waals surface area (Å²) < 4.78 is 0.0319. The van der Waals surface area contributed by atoms with Crippen molar-refractivity contribution < 1.29 is 15.6 Å². The summed E-state index contributed by atoms with van der Waals surface area (Å²) in [5.74, 6) is -1.44.